The Labute approximate surface area is 110 Å². The number of hydrogen-bond acceptors (Lipinski definition) is 4. The van der Waals surface area contributed by atoms with Gasteiger partial charge in [-0.15, -0.1) is 0 Å². The Morgan fingerprint density at radius 3 is 2.74 bits per heavy atom. The lowest BCUT2D eigenvalue weighted by molar-refractivity contribution is -0.143. The van der Waals surface area contributed by atoms with Gasteiger partial charge in [0.2, 0.25) is 0 Å². The fraction of sp³-hybridized carbons (Fsp3) is 0.538. The highest BCUT2D eigenvalue weighted by Gasteiger charge is 2.38. The molecule has 0 saturated carbocycles. The number of carbonyl (C=O) groups is 2. The molecule has 2 rings (SSSR count). The Kier molecular flexibility index (Phi) is 3.26. The van der Waals surface area contributed by atoms with E-state index < -0.39 is 23.7 Å². The number of rotatable bonds is 1. The lowest BCUT2D eigenvalue weighted by Gasteiger charge is -2.33. The highest BCUT2D eigenvalue weighted by Crippen LogP contribution is 2.26. The highest BCUT2D eigenvalue weighted by atomic mass is 16.6. The van der Waals surface area contributed by atoms with Crippen molar-refractivity contribution < 1.29 is 23.8 Å². The molecule has 0 bridgehead atoms. The Morgan fingerprint density at radius 1 is 1.47 bits per heavy atom. The van der Waals surface area contributed by atoms with Crippen LogP contribution in [0.4, 0.5) is 4.79 Å². The molecule has 0 spiro atoms. The molecule has 6 nitrogen and oxygen atoms in total. The Hall–Kier alpha value is -1.98. The number of fused-ring (bicyclic) bond motifs is 1. The van der Waals surface area contributed by atoms with Crippen LogP contribution in [0.25, 0.3) is 0 Å². The van der Waals surface area contributed by atoms with Gasteiger partial charge in [0.05, 0.1) is 12.8 Å². The summed E-state index contributed by atoms with van der Waals surface area (Å²) in [7, 11) is 0. The van der Waals surface area contributed by atoms with E-state index in [9.17, 15) is 14.7 Å². The van der Waals surface area contributed by atoms with Gasteiger partial charge in [-0.25, -0.2) is 9.59 Å². The summed E-state index contributed by atoms with van der Waals surface area (Å²) < 4.78 is 10.5. The fourth-order valence-corrected chi connectivity index (χ4v) is 2.00. The highest BCUT2D eigenvalue weighted by molar-refractivity contribution is 5.81. The zero-order valence-electron chi connectivity index (χ0n) is 11.2. The van der Waals surface area contributed by atoms with E-state index in [1.165, 1.54) is 11.2 Å². The fourth-order valence-electron chi connectivity index (χ4n) is 2.00. The van der Waals surface area contributed by atoms with Crippen molar-refractivity contribution in [3.05, 3.63) is 23.7 Å². The molecule has 6 heteroatoms. The number of hydrogen-bond donors (Lipinski definition) is 1. The Balaban J connectivity index is 2.22. The number of carboxylic acid groups (broad SMARTS) is 1. The van der Waals surface area contributed by atoms with Crippen LogP contribution in [0.15, 0.2) is 16.7 Å². The average molecular weight is 267 g/mol. The first-order chi connectivity index (χ1) is 8.78. The molecule has 0 aliphatic carbocycles. The maximum atomic E-state index is 12.1. The first-order valence-corrected chi connectivity index (χ1v) is 6.05. The van der Waals surface area contributed by atoms with E-state index in [-0.39, 0.29) is 13.0 Å². The average Bonchev–Trinajstić information content (AvgIpc) is 2.71. The molecular weight excluding hydrogens is 250 g/mol. The Bertz CT molecular complexity index is 499. The van der Waals surface area contributed by atoms with Gasteiger partial charge in [0.15, 0.2) is 0 Å². The quantitative estimate of drug-likeness (QED) is 0.842. The minimum atomic E-state index is -1.04. The summed E-state index contributed by atoms with van der Waals surface area (Å²) in [6.45, 7) is 5.34. The van der Waals surface area contributed by atoms with Gasteiger partial charge >= 0.3 is 12.1 Å². The maximum absolute atomic E-state index is 12.1. The predicted molar refractivity (Wildman–Crippen MR) is 65.6 cm³/mol. The van der Waals surface area contributed by atoms with Gasteiger partial charge in [0, 0.05) is 6.42 Å². The van der Waals surface area contributed by atoms with E-state index in [1.54, 1.807) is 26.8 Å². The van der Waals surface area contributed by atoms with E-state index in [0.29, 0.717) is 5.76 Å². The molecule has 1 aliphatic rings. The Morgan fingerprint density at radius 2 is 2.16 bits per heavy atom. The third-order valence-corrected chi connectivity index (χ3v) is 2.85. The second-order valence-electron chi connectivity index (χ2n) is 5.54. The number of amides is 1. The molecule has 1 N–H and O–H groups in total. The molecular formula is C13H17NO5. The first-order valence-electron chi connectivity index (χ1n) is 6.05. The minimum Gasteiger partial charge on any atom is -0.480 e. The van der Waals surface area contributed by atoms with Crippen molar-refractivity contribution in [2.45, 2.75) is 45.4 Å². The maximum Gasteiger partial charge on any atom is 0.411 e. The zero-order chi connectivity index (χ0) is 14.2. The summed E-state index contributed by atoms with van der Waals surface area (Å²) in [5, 5.41) is 9.24. The second kappa shape index (κ2) is 4.60. The molecule has 1 aromatic rings. The topological polar surface area (TPSA) is 80.0 Å². The number of carboxylic acids is 1. The van der Waals surface area contributed by atoms with Crippen molar-refractivity contribution in [1.82, 2.24) is 4.90 Å². The van der Waals surface area contributed by atoms with Gasteiger partial charge in [0.25, 0.3) is 0 Å². The van der Waals surface area contributed by atoms with Crippen LogP contribution >= 0.6 is 0 Å². The van der Waals surface area contributed by atoms with Crippen molar-refractivity contribution in [2.75, 3.05) is 0 Å². The summed E-state index contributed by atoms with van der Waals surface area (Å²) in [5.41, 5.74) is 0.163. The van der Waals surface area contributed by atoms with E-state index in [0.717, 1.165) is 5.56 Å². The minimum absolute atomic E-state index is 0.119. The predicted octanol–water partition coefficient (Wildman–Crippen LogP) is 2.03. The molecule has 0 aromatic carbocycles. The molecule has 1 amide bonds. The van der Waals surface area contributed by atoms with Crippen LogP contribution in [-0.4, -0.2) is 33.7 Å². The first kappa shape index (κ1) is 13.5. The zero-order valence-corrected chi connectivity index (χ0v) is 11.2. The van der Waals surface area contributed by atoms with Crippen LogP contribution in [0.1, 0.15) is 32.1 Å². The van der Waals surface area contributed by atoms with Crippen LogP contribution in [0.2, 0.25) is 0 Å². The molecule has 0 saturated heterocycles. The summed E-state index contributed by atoms with van der Waals surface area (Å²) in [4.78, 5) is 24.5. The largest absolute Gasteiger partial charge is 0.480 e. The van der Waals surface area contributed by atoms with Crippen LogP contribution in [0.3, 0.4) is 0 Å². The number of ether oxygens (including phenoxy) is 1. The van der Waals surface area contributed by atoms with Crippen LogP contribution in [0.5, 0.6) is 0 Å². The van der Waals surface area contributed by atoms with Crippen molar-refractivity contribution in [2.24, 2.45) is 0 Å². The van der Waals surface area contributed by atoms with E-state index in [4.69, 9.17) is 9.15 Å². The van der Waals surface area contributed by atoms with Crippen molar-refractivity contribution in [3.63, 3.8) is 0 Å². The molecule has 104 valence electrons. The van der Waals surface area contributed by atoms with Crippen LogP contribution < -0.4 is 0 Å². The smallest absolute Gasteiger partial charge is 0.411 e. The van der Waals surface area contributed by atoms with Gasteiger partial charge in [-0.2, -0.15) is 0 Å². The normalized spacial score (nSPS) is 18.9. The van der Waals surface area contributed by atoms with Gasteiger partial charge < -0.3 is 14.3 Å². The molecule has 1 atom stereocenters. The van der Waals surface area contributed by atoms with Crippen molar-refractivity contribution in [3.8, 4) is 0 Å². The molecule has 0 fully saturated rings. The molecule has 0 radical (unpaired) electrons. The molecule has 19 heavy (non-hydrogen) atoms. The summed E-state index contributed by atoms with van der Waals surface area (Å²) in [6, 6.07) is 0.817. The van der Waals surface area contributed by atoms with Crippen molar-refractivity contribution in [1.29, 1.82) is 0 Å². The summed E-state index contributed by atoms with van der Waals surface area (Å²) in [5.74, 6) is -0.430. The van der Waals surface area contributed by atoms with Crippen molar-refractivity contribution >= 4 is 12.1 Å². The number of aliphatic carboxylic acids is 1. The lowest BCUT2D eigenvalue weighted by Crippen LogP contribution is -2.49. The standard InChI is InChI=1S/C13H17NO5/c1-13(2,3)19-12(17)14-7-10-8(4-5-18-10)6-9(14)11(15)16/h4-5,9H,6-7H2,1-3H3,(H,15,16). The van der Waals surface area contributed by atoms with E-state index >= 15 is 0 Å². The van der Waals surface area contributed by atoms with Gasteiger partial charge in [-0.05, 0) is 32.4 Å². The van der Waals surface area contributed by atoms with E-state index in [1.807, 2.05) is 0 Å². The second-order valence-corrected chi connectivity index (χ2v) is 5.54. The van der Waals surface area contributed by atoms with Gasteiger partial charge in [-0.3, -0.25) is 4.90 Å². The number of carbonyl (C=O) groups excluding carboxylic acids is 1. The third kappa shape index (κ3) is 2.89. The number of furan rings is 1. The SMILES string of the molecule is CC(C)(C)OC(=O)N1Cc2occc2CC1C(=O)O. The van der Waals surface area contributed by atoms with Crippen LogP contribution in [0, 0.1) is 0 Å². The third-order valence-electron chi connectivity index (χ3n) is 2.85. The van der Waals surface area contributed by atoms with Gasteiger partial charge in [-0.1, -0.05) is 0 Å². The summed E-state index contributed by atoms with van der Waals surface area (Å²) in [6.07, 6.45) is 1.10. The molecule has 1 aliphatic heterocycles. The summed E-state index contributed by atoms with van der Waals surface area (Å²) >= 11 is 0. The molecule has 2 heterocycles. The van der Waals surface area contributed by atoms with Gasteiger partial charge in [0.1, 0.15) is 17.4 Å². The van der Waals surface area contributed by atoms with E-state index in [2.05, 4.69) is 0 Å². The van der Waals surface area contributed by atoms with Crippen LogP contribution in [-0.2, 0) is 22.5 Å². The monoisotopic (exact) mass is 267 g/mol. The number of nitrogens with zero attached hydrogens (tertiary/aromatic N) is 1. The molecule has 1 unspecified atom stereocenters. The molecule has 1 aromatic heterocycles. The lowest BCUT2D eigenvalue weighted by atomic mass is 10.0.